The van der Waals surface area contributed by atoms with Crippen molar-refractivity contribution in [1.29, 1.82) is 0 Å². The van der Waals surface area contributed by atoms with Gasteiger partial charge in [-0.15, -0.1) is 0 Å². The third kappa shape index (κ3) is 4.98. The molecule has 0 bridgehead atoms. The lowest BCUT2D eigenvalue weighted by Gasteiger charge is -2.26. The number of nitrogens with one attached hydrogen (secondary N) is 1. The molecule has 0 aliphatic carbocycles. The number of rotatable bonds is 5. The normalized spacial score (nSPS) is 17.5. The zero-order valence-electron chi connectivity index (χ0n) is 16.6. The summed E-state index contributed by atoms with van der Waals surface area (Å²) in [5.41, 5.74) is 3.12. The van der Waals surface area contributed by atoms with Gasteiger partial charge in [-0.2, -0.15) is 24.9 Å². The molecule has 30 heavy (non-hydrogen) atoms. The van der Waals surface area contributed by atoms with Crippen molar-refractivity contribution in [3.8, 4) is 0 Å². The molecule has 1 aromatic heterocycles. The molecular weight excluding hydrogens is 411 g/mol. The van der Waals surface area contributed by atoms with Crippen LogP contribution in [-0.2, 0) is 24.8 Å². The fourth-order valence-electron chi connectivity index (χ4n) is 3.93. The predicted molar refractivity (Wildman–Crippen MR) is 114 cm³/mol. The monoisotopic (exact) mass is 435 g/mol. The lowest BCUT2D eigenvalue weighted by molar-refractivity contribution is -0.137. The van der Waals surface area contributed by atoms with Crippen molar-refractivity contribution >= 4 is 17.3 Å². The van der Waals surface area contributed by atoms with Crippen LogP contribution in [0.2, 0.25) is 0 Å². The van der Waals surface area contributed by atoms with E-state index in [1.807, 2.05) is 0 Å². The summed E-state index contributed by atoms with van der Waals surface area (Å²) in [5, 5.41) is 0. The summed E-state index contributed by atoms with van der Waals surface area (Å²) in [7, 11) is 0. The Labute approximate surface area is 177 Å². The van der Waals surface area contributed by atoms with E-state index in [0.717, 1.165) is 97.2 Å². The number of aromatic nitrogens is 2. The Balaban J connectivity index is 1.29. The van der Waals surface area contributed by atoms with Crippen LogP contribution >= 0.6 is 11.8 Å². The minimum Gasteiger partial charge on any atom is -0.310 e. The number of hydrogen-bond donors (Lipinski definition) is 1. The van der Waals surface area contributed by atoms with Gasteiger partial charge in [0.2, 0.25) is 0 Å². The number of benzene rings is 1. The Bertz CT molecular complexity index is 983. The Morgan fingerprint density at radius 2 is 1.97 bits per heavy atom. The van der Waals surface area contributed by atoms with E-state index in [0.29, 0.717) is 0 Å². The molecule has 3 heterocycles. The molecule has 4 nitrogen and oxygen atoms in total. The van der Waals surface area contributed by atoms with Crippen molar-refractivity contribution in [2.24, 2.45) is 0 Å². The van der Waals surface area contributed by atoms with E-state index in [2.05, 4.69) is 20.9 Å². The van der Waals surface area contributed by atoms with Crippen LogP contribution in [0.15, 0.2) is 35.1 Å². The van der Waals surface area contributed by atoms with Gasteiger partial charge in [-0.05, 0) is 54.8 Å². The topological polar surface area (TPSA) is 49.0 Å². The number of alkyl halides is 3. The maximum absolute atomic E-state index is 12.7. The van der Waals surface area contributed by atoms with Gasteiger partial charge in [0.15, 0.2) is 0 Å². The van der Waals surface area contributed by atoms with Crippen molar-refractivity contribution in [2.75, 3.05) is 25.4 Å². The van der Waals surface area contributed by atoms with E-state index >= 15 is 0 Å². The van der Waals surface area contributed by atoms with Crippen LogP contribution in [-0.4, -0.2) is 40.3 Å². The number of aryl methyl sites for hydroxylation is 2. The molecule has 8 heteroatoms. The molecule has 1 N–H and O–H groups in total. The van der Waals surface area contributed by atoms with Crippen molar-refractivity contribution in [1.82, 2.24) is 14.9 Å². The third-order valence-electron chi connectivity index (χ3n) is 5.64. The van der Waals surface area contributed by atoms with Crippen LogP contribution in [0, 0.1) is 0 Å². The molecule has 0 unspecified atom stereocenters. The van der Waals surface area contributed by atoms with Gasteiger partial charge < -0.3 is 4.98 Å². The second-order valence-electron chi connectivity index (χ2n) is 7.70. The predicted octanol–water partition coefficient (Wildman–Crippen LogP) is 4.30. The average Bonchev–Trinajstić information content (AvgIpc) is 2.74. The van der Waals surface area contributed by atoms with Gasteiger partial charge in [-0.1, -0.05) is 18.2 Å². The van der Waals surface area contributed by atoms with Crippen LogP contribution < -0.4 is 5.56 Å². The molecular formula is C22H24F3N3OS. The molecule has 0 spiro atoms. The molecule has 0 saturated heterocycles. The summed E-state index contributed by atoms with van der Waals surface area (Å²) in [4.78, 5) is 22.1. The summed E-state index contributed by atoms with van der Waals surface area (Å²) < 4.78 is 38.1. The molecule has 4 rings (SSSR count). The average molecular weight is 436 g/mol. The molecule has 1 aromatic carbocycles. The second kappa shape index (κ2) is 8.98. The number of aromatic amines is 1. The fourth-order valence-corrected chi connectivity index (χ4v) is 4.92. The first-order valence-electron chi connectivity index (χ1n) is 10.2. The summed E-state index contributed by atoms with van der Waals surface area (Å²) in [6.45, 7) is 2.55. The Hall–Kier alpha value is -2.06. The summed E-state index contributed by atoms with van der Waals surface area (Å²) >= 11 is 1.77. The molecule has 0 saturated carbocycles. The minimum atomic E-state index is -4.30. The molecule has 2 aliphatic rings. The lowest BCUT2D eigenvalue weighted by Crippen LogP contribution is -2.30. The summed E-state index contributed by atoms with van der Waals surface area (Å²) in [6, 6.07) is 5.41. The quantitative estimate of drug-likeness (QED) is 0.761. The Morgan fingerprint density at radius 1 is 1.17 bits per heavy atom. The standard InChI is InChI=1S/C22H24F3N3OS/c23-22(24,25)17-5-3-15(4-6-17)16-7-11-28(12-8-16)10-1-2-20-26-19-9-13-30-14-18(19)21(29)27-20/h3-7H,1-2,8-14H2,(H,26,27,29). The van der Waals surface area contributed by atoms with E-state index < -0.39 is 11.7 Å². The number of fused-ring (bicyclic) bond motifs is 1. The van der Waals surface area contributed by atoms with Gasteiger partial charge in [-0.25, -0.2) is 4.98 Å². The molecule has 0 atom stereocenters. The van der Waals surface area contributed by atoms with Crippen LogP contribution in [0.25, 0.3) is 5.57 Å². The smallest absolute Gasteiger partial charge is 0.310 e. The van der Waals surface area contributed by atoms with Crippen LogP contribution in [0.3, 0.4) is 0 Å². The number of hydrogen-bond acceptors (Lipinski definition) is 4. The van der Waals surface area contributed by atoms with Gasteiger partial charge in [0.1, 0.15) is 5.82 Å². The van der Waals surface area contributed by atoms with Crippen molar-refractivity contribution in [2.45, 2.75) is 37.6 Å². The van der Waals surface area contributed by atoms with Gasteiger partial charge in [0.25, 0.3) is 5.56 Å². The summed E-state index contributed by atoms with van der Waals surface area (Å²) in [5.74, 6) is 2.53. The lowest BCUT2D eigenvalue weighted by atomic mass is 9.98. The van der Waals surface area contributed by atoms with E-state index in [4.69, 9.17) is 0 Å². The van der Waals surface area contributed by atoms with Crippen LogP contribution in [0.1, 0.15) is 41.1 Å². The number of halogens is 3. The Kier molecular flexibility index (Phi) is 6.34. The Morgan fingerprint density at radius 3 is 2.67 bits per heavy atom. The van der Waals surface area contributed by atoms with E-state index in [9.17, 15) is 18.0 Å². The molecule has 2 aromatic rings. The number of thioether (sulfide) groups is 1. The van der Waals surface area contributed by atoms with Gasteiger partial charge in [0.05, 0.1) is 11.3 Å². The second-order valence-corrected chi connectivity index (χ2v) is 8.80. The highest BCUT2D eigenvalue weighted by Crippen LogP contribution is 2.31. The van der Waals surface area contributed by atoms with Crippen LogP contribution in [0.5, 0.6) is 0 Å². The highest BCUT2D eigenvalue weighted by atomic mass is 32.2. The summed E-state index contributed by atoms with van der Waals surface area (Å²) in [6.07, 6.45) is 1.12. The molecule has 2 aliphatic heterocycles. The van der Waals surface area contributed by atoms with Crippen molar-refractivity contribution in [3.63, 3.8) is 0 Å². The van der Waals surface area contributed by atoms with E-state index in [-0.39, 0.29) is 5.56 Å². The largest absolute Gasteiger partial charge is 0.416 e. The first kappa shape index (κ1) is 21.2. The zero-order chi connectivity index (χ0) is 21.1. The third-order valence-corrected chi connectivity index (χ3v) is 6.63. The van der Waals surface area contributed by atoms with Gasteiger partial charge in [-0.3, -0.25) is 9.69 Å². The molecule has 0 radical (unpaired) electrons. The number of nitrogens with zero attached hydrogens (tertiary/aromatic N) is 2. The SMILES string of the molecule is O=c1[nH]c(CCCN2CC=C(c3ccc(C(F)(F)F)cc3)CC2)nc2c1CSCC2. The van der Waals surface area contributed by atoms with Crippen molar-refractivity contribution in [3.05, 3.63) is 68.9 Å². The minimum absolute atomic E-state index is 0.00397. The first-order valence-corrected chi connectivity index (χ1v) is 11.3. The molecule has 0 fully saturated rings. The maximum atomic E-state index is 12.7. The van der Waals surface area contributed by atoms with Crippen LogP contribution in [0.4, 0.5) is 13.2 Å². The van der Waals surface area contributed by atoms with E-state index in [1.165, 1.54) is 0 Å². The maximum Gasteiger partial charge on any atom is 0.416 e. The highest BCUT2D eigenvalue weighted by Gasteiger charge is 2.30. The zero-order valence-corrected chi connectivity index (χ0v) is 17.4. The first-order chi connectivity index (χ1) is 14.4. The van der Waals surface area contributed by atoms with E-state index in [1.54, 1.807) is 23.9 Å². The molecule has 0 amide bonds. The molecule has 160 valence electrons. The fraction of sp³-hybridized carbons (Fsp3) is 0.455. The van der Waals surface area contributed by atoms with Gasteiger partial charge >= 0.3 is 6.18 Å². The number of H-pyrrole nitrogens is 1. The van der Waals surface area contributed by atoms with Crippen molar-refractivity contribution < 1.29 is 13.2 Å². The van der Waals surface area contributed by atoms with Gasteiger partial charge in [0, 0.05) is 30.8 Å². The highest BCUT2D eigenvalue weighted by molar-refractivity contribution is 7.98.